The molecular weight excluding hydrogens is 442 g/mol. The Labute approximate surface area is 196 Å². The number of benzene rings is 2. The van der Waals surface area contributed by atoms with Crippen LogP contribution in [0, 0.1) is 5.41 Å². The van der Waals surface area contributed by atoms with Crippen molar-refractivity contribution in [2.24, 2.45) is 0 Å². The van der Waals surface area contributed by atoms with Gasteiger partial charge in [0.25, 0.3) is 0 Å². The van der Waals surface area contributed by atoms with Gasteiger partial charge in [0.2, 0.25) is 5.75 Å². The van der Waals surface area contributed by atoms with Gasteiger partial charge < -0.3 is 29.0 Å². The highest BCUT2D eigenvalue weighted by Gasteiger charge is 2.31. The molecule has 33 heavy (non-hydrogen) atoms. The third kappa shape index (κ3) is 4.31. The molecule has 8 nitrogen and oxygen atoms in total. The standard InChI is InChI=1S/C24H25N3O5S/c1-29-16-7-5-15(6-8-16)17-13-33-24(26-17)21-18(28)12-27(23(21)25)11-14-9-19(30-2)22(32-4)20(10-14)31-3/h5-10,13,25,28H,11-12H2,1-4H3. The van der Waals surface area contributed by atoms with E-state index in [0.717, 1.165) is 22.6 Å². The van der Waals surface area contributed by atoms with Crippen LogP contribution in [0.15, 0.2) is 47.5 Å². The van der Waals surface area contributed by atoms with E-state index >= 15 is 0 Å². The molecule has 0 saturated heterocycles. The molecule has 1 aromatic heterocycles. The molecule has 0 spiro atoms. The van der Waals surface area contributed by atoms with Crippen molar-refractivity contribution < 1.29 is 24.1 Å². The largest absolute Gasteiger partial charge is 0.510 e. The van der Waals surface area contributed by atoms with Crippen molar-refractivity contribution in [3.63, 3.8) is 0 Å². The van der Waals surface area contributed by atoms with Crippen molar-refractivity contribution in [1.29, 1.82) is 5.41 Å². The Morgan fingerprint density at radius 3 is 2.24 bits per heavy atom. The van der Waals surface area contributed by atoms with Crippen LogP contribution in [0.5, 0.6) is 23.0 Å². The molecule has 4 rings (SSSR count). The van der Waals surface area contributed by atoms with Crippen LogP contribution in [-0.4, -0.2) is 55.8 Å². The first-order chi connectivity index (χ1) is 16.0. The van der Waals surface area contributed by atoms with Gasteiger partial charge in [0.05, 0.1) is 46.3 Å². The number of amidine groups is 1. The van der Waals surface area contributed by atoms with Gasteiger partial charge in [-0.05, 0) is 42.0 Å². The van der Waals surface area contributed by atoms with Crippen LogP contribution < -0.4 is 18.9 Å². The number of aliphatic hydroxyl groups excluding tert-OH is 1. The summed E-state index contributed by atoms with van der Waals surface area (Å²) in [5.74, 6) is 2.71. The molecule has 0 aliphatic carbocycles. The van der Waals surface area contributed by atoms with E-state index < -0.39 is 0 Å². The number of hydrogen-bond acceptors (Lipinski definition) is 8. The fraction of sp³-hybridized carbons (Fsp3) is 0.250. The summed E-state index contributed by atoms with van der Waals surface area (Å²) in [5, 5.41) is 21.9. The Bertz CT molecular complexity index is 1180. The summed E-state index contributed by atoms with van der Waals surface area (Å²) in [6, 6.07) is 11.3. The minimum absolute atomic E-state index is 0.128. The van der Waals surface area contributed by atoms with E-state index in [1.165, 1.54) is 11.3 Å². The lowest BCUT2D eigenvalue weighted by Gasteiger charge is -2.20. The van der Waals surface area contributed by atoms with Crippen LogP contribution in [0.1, 0.15) is 10.6 Å². The lowest BCUT2D eigenvalue weighted by atomic mass is 10.1. The van der Waals surface area contributed by atoms with Crippen LogP contribution in [0.25, 0.3) is 16.8 Å². The quantitative estimate of drug-likeness (QED) is 0.499. The number of rotatable bonds is 8. The predicted molar refractivity (Wildman–Crippen MR) is 128 cm³/mol. The van der Waals surface area contributed by atoms with Gasteiger partial charge in [0.1, 0.15) is 22.4 Å². The zero-order chi connectivity index (χ0) is 23.5. The third-order valence-electron chi connectivity index (χ3n) is 5.38. The molecule has 2 heterocycles. The number of hydrogen-bond donors (Lipinski definition) is 2. The maximum atomic E-state index is 10.7. The molecule has 0 fully saturated rings. The molecule has 172 valence electrons. The number of aliphatic hydroxyl groups is 1. The van der Waals surface area contributed by atoms with Crippen LogP contribution in [0.2, 0.25) is 0 Å². The van der Waals surface area contributed by atoms with Crippen molar-refractivity contribution in [1.82, 2.24) is 9.88 Å². The van der Waals surface area contributed by atoms with Gasteiger partial charge in [-0.25, -0.2) is 4.98 Å². The Kier molecular flexibility index (Phi) is 6.41. The SMILES string of the molecule is COc1ccc(-c2csc(C3=C(O)CN(Cc4cc(OC)c(OC)c(OC)c4)C3=N)n2)cc1. The third-order valence-corrected chi connectivity index (χ3v) is 6.24. The van der Waals surface area contributed by atoms with Gasteiger partial charge in [-0.2, -0.15) is 0 Å². The van der Waals surface area contributed by atoms with Crippen LogP contribution in [-0.2, 0) is 6.54 Å². The van der Waals surface area contributed by atoms with E-state index in [1.54, 1.807) is 33.3 Å². The Balaban J connectivity index is 1.55. The van der Waals surface area contributed by atoms with Crippen LogP contribution in [0.4, 0.5) is 0 Å². The van der Waals surface area contributed by atoms with Crippen molar-refractivity contribution >= 4 is 22.7 Å². The number of methoxy groups -OCH3 is 4. The summed E-state index contributed by atoms with van der Waals surface area (Å²) in [6.45, 7) is 0.613. The number of nitrogens with zero attached hydrogens (tertiary/aromatic N) is 2. The minimum atomic E-state index is 0.128. The van der Waals surface area contributed by atoms with Gasteiger partial charge in [0, 0.05) is 17.5 Å². The van der Waals surface area contributed by atoms with Crippen molar-refractivity contribution in [2.45, 2.75) is 6.54 Å². The average Bonchev–Trinajstić information content (AvgIpc) is 3.42. The minimum Gasteiger partial charge on any atom is -0.510 e. The second-order valence-electron chi connectivity index (χ2n) is 7.33. The first-order valence-corrected chi connectivity index (χ1v) is 11.0. The zero-order valence-corrected chi connectivity index (χ0v) is 19.7. The summed E-state index contributed by atoms with van der Waals surface area (Å²) in [4.78, 5) is 6.45. The van der Waals surface area contributed by atoms with Crippen molar-refractivity contribution in [2.75, 3.05) is 35.0 Å². The van der Waals surface area contributed by atoms with Crippen molar-refractivity contribution in [3.8, 4) is 34.3 Å². The normalized spacial score (nSPS) is 13.5. The summed E-state index contributed by atoms with van der Waals surface area (Å²) in [7, 11) is 6.31. The average molecular weight is 468 g/mol. The molecule has 0 saturated carbocycles. The highest BCUT2D eigenvalue weighted by atomic mass is 32.1. The maximum Gasteiger partial charge on any atom is 0.203 e. The molecule has 1 aliphatic heterocycles. The molecule has 2 aromatic carbocycles. The second-order valence-corrected chi connectivity index (χ2v) is 8.18. The number of aromatic nitrogens is 1. The molecule has 3 aromatic rings. The number of ether oxygens (including phenoxy) is 4. The summed E-state index contributed by atoms with van der Waals surface area (Å²) in [5.41, 5.74) is 3.04. The molecule has 1 aliphatic rings. The summed E-state index contributed by atoms with van der Waals surface area (Å²) >= 11 is 1.40. The fourth-order valence-electron chi connectivity index (χ4n) is 3.72. The van der Waals surface area contributed by atoms with Gasteiger partial charge in [-0.1, -0.05) is 0 Å². The smallest absolute Gasteiger partial charge is 0.203 e. The van der Waals surface area contributed by atoms with E-state index in [-0.39, 0.29) is 18.1 Å². The molecule has 0 radical (unpaired) electrons. The highest BCUT2D eigenvalue weighted by Crippen LogP contribution is 2.39. The lowest BCUT2D eigenvalue weighted by molar-refractivity contribution is 0.321. The van der Waals surface area contributed by atoms with Gasteiger partial charge >= 0.3 is 0 Å². The van der Waals surface area contributed by atoms with Gasteiger partial charge in [-0.3, -0.25) is 5.41 Å². The summed E-state index contributed by atoms with van der Waals surface area (Å²) < 4.78 is 21.4. The van der Waals surface area contributed by atoms with Crippen molar-refractivity contribution in [3.05, 3.63) is 58.1 Å². The molecule has 9 heteroatoms. The molecular formula is C24H25N3O5S. The maximum absolute atomic E-state index is 10.7. The summed E-state index contributed by atoms with van der Waals surface area (Å²) in [6.07, 6.45) is 0. The number of thiazole rings is 1. The topological polar surface area (TPSA) is 97.1 Å². The van der Waals surface area contributed by atoms with E-state index in [1.807, 2.05) is 41.8 Å². The van der Waals surface area contributed by atoms with Crippen LogP contribution in [0.3, 0.4) is 0 Å². The van der Waals surface area contributed by atoms with E-state index in [0.29, 0.717) is 34.4 Å². The van der Waals surface area contributed by atoms with E-state index in [2.05, 4.69) is 4.98 Å². The monoisotopic (exact) mass is 467 g/mol. The van der Waals surface area contributed by atoms with E-state index in [9.17, 15) is 5.11 Å². The van der Waals surface area contributed by atoms with Crippen LogP contribution >= 0.6 is 11.3 Å². The zero-order valence-electron chi connectivity index (χ0n) is 18.8. The first-order valence-electron chi connectivity index (χ1n) is 10.1. The molecule has 0 unspecified atom stereocenters. The number of nitrogens with one attached hydrogen (secondary N) is 1. The Morgan fingerprint density at radius 1 is 1.00 bits per heavy atom. The second kappa shape index (κ2) is 9.41. The molecule has 0 amide bonds. The Hall–Kier alpha value is -3.72. The van der Waals surface area contributed by atoms with E-state index in [4.69, 9.17) is 24.4 Å². The molecule has 2 N–H and O–H groups in total. The Morgan fingerprint density at radius 2 is 1.67 bits per heavy atom. The first kappa shape index (κ1) is 22.5. The van der Waals surface area contributed by atoms with Gasteiger partial charge in [-0.15, -0.1) is 11.3 Å². The lowest BCUT2D eigenvalue weighted by Crippen LogP contribution is -2.26. The molecule has 0 bridgehead atoms. The highest BCUT2D eigenvalue weighted by molar-refractivity contribution is 7.11. The predicted octanol–water partition coefficient (Wildman–Crippen LogP) is 4.61. The van der Waals surface area contributed by atoms with Gasteiger partial charge in [0.15, 0.2) is 11.5 Å². The molecule has 0 atom stereocenters. The fourth-order valence-corrected chi connectivity index (χ4v) is 4.62.